The Morgan fingerprint density at radius 2 is 1.35 bits per heavy atom. The number of carboxylic acid groups (broad SMARTS) is 2. The van der Waals surface area contributed by atoms with Gasteiger partial charge in [0.1, 0.15) is 0 Å². The third-order valence-electron chi connectivity index (χ3n) is 1.75. The van der Waals surface area contributed by atoms with Gasteiger partial charge in [0, 0.05) is 11.9 Å². The summed E-state index contributed by atoms with van der Waals surface area (Å²) in [5, 5.41) is 17.8. The second kappa shape index (κ2) is 21.2. The van der Waals surface area contributed by atoms with E-state index in [-0.39, 0.29) is 27.3 Å². The predicted molar refractivity (Wildman–Crippen MR) is 66.1 cm³/mol. The summed E-state index contributed by atoms with van der Waals surface area (Å²) >= 11 is 0. The number of aliphatic carboxylic acids is 2. The quantitative estimate of drug-likeness (QED) is 0.593. The van der Waals surface area contributed by atoms with Crippen LogP contribution >= 0.6 is 0 Å². The van der Waals surface area contributed by atoms with Gasteiger partial charge in [0.25, 0.3) is 0 Å². The number of rotatable bonds is 4. The molecule has 2 radical (unpaired) electrons. The summed E-state index contributed by atoms with van der Waals surface area (Å²) in [6, 6.07) is 0. The molecule has 0 bridgehead atoms. The molecule has 1 atom stereocenters. The van der Waals surface area contributed by atoms with Crippen molar-refractivity contribution < 1.29 is 19.8 Å². The molecule has 0 spiro atoms. The Kier molecular flexibility index (Phi) is 31.9. The smallest absolute Gasteiger partial charge is 0.550 e. The number of hydrogen-bond donors (Lipinski definition) is 0. The summed E-state index contributed by atoms with van der Waals surface area (Å²) in [6.45, 7) is 8.79. The van der Waals surface area contributed by atoms with Gasteiger partial charge in [-0.05, 0) is 19.8 Å². The van der Waals surface area contributed by atoms with E-state index in [9.17, 15) is 0 Å². The van der Waals surface area contributed by atoms with E-state index >= 15 is 0 Å². The Balaban J connectivity index is -0.0000000806. The van der Waals surface area contributed by atoms with Gasteiger partial charge in [-0.3, -0.25) is 0 Å². The molecule has 0 N–H and O–H groups in total. The minimum Gasteiger partial charge on any atom is -0.550 e. The third kappa shape index (κ3) is 88.7. The van der Waals surface area contributed by atoms with E-state index in [1.807, 2.05) is 0 Å². The molecule has 0 aliphatic carbocycles. The topological polar surface area (TPSA) is 80.3 Å². The Hall–Kier alpha value is -0.138. The van der Waals surface area contributed by atoms with Crippen LogP contribution < -0.4 is 10.2 Å². The van der Waals surface area contributed by atoms with E-state index in [2.05, 4.69) is 20.8 Å². The maximum absolute atomic E-state index is 8.89. The molecule has 0 aliphatic rings. The average molecular weight is 440 g/mol. The Labute approximate surface area is 125 Å². The molecule has 4 nitrogen and oxygen atoms in total. The van der Waals surface area contributed by atoms with E-state index in [0.29, 0.717) is 0 Å². The third-order valence-corrected chi connectivity index (χ3v) is 1.75. The molecule has 0 saturated heterocycles. The van der Waals surface area contributed by atoms with E-state index in [1.165, 1.54) is 25.7 Å². The zero-order valence-corrected chi connectivity index (χ0v) is 15.4. The summed E-state index contributed by atoms with van der Waals surface area (Å²) in [6.07, 6.45) is 5.53. The number of carboxylic acids is 2. The predicted octanol–water partition coefficient (Wildman–Crippen LogP) is 0.354. The van der Waals surface area contributed by atoms with Crippen LogP contribution in [0.4, 0.5) is 0 Å². The van der Waals surface area contributed by atoms with Crippen molar-refractivity contribution in [2.24, 2.45) is 5.92 Å². The molecule has 1 unspecified atom stereocenters. The monoisotopic (exact) mass is 440 g/mol. The molecule has 0 saturated carbocycles. The average Bonchev–Trinajstić information content (AvgIpc) is 2.12. The second-order valence-corrected chi connectivity index (χ2v) is 3.64. The summed E-state index contributed by atoms with van der Waals surface area (Å²) in [5.41, 5.74) is 0. The summed E-state index contributed by atoms with van der Waals surface area (Å²) < 4.78 is 0. The zero-order valence-electron chi connectivity index (χ0n) is 11.5. The van der Waals surface area contributed by atoms with Crippen LogP contribution in [-0.4, -0.2) is 39.2 Å². The fourth-order valence-corrected chi connectivity index (χ4v) is 0.757. The minimum absolute atomic E-state index is 0. The number of unbranched alkanes of at least 4 members (excludes halogenated alkanes) is 1. The van der Waals surface area contributed by atoms with Crippen molar-refractivity contribution in [2.45, 2.75) is 60.3 Å². The first kappa shape index (κ1) is 25.6. The van der Waals surface area contributed by atoms with E-state index < -0.39 is 11.9 Å². The standard InChI is InChI=1S/C8H18.2C2H4O2.Pb/c1-4-6-7-8(3)5-2;2*1-2(3)4;/h8H,4-7H2,1-3H3;2*1H3,(H,3,4);/q;;;+2/p-2. The molecule has 0 rings (SSSR count). The van der Waals surface area contributed by atoms with E-state index in [1.54, 1.807) is 0 Å². The summed E-state index contributed by atoms with van der Waals surface area (Å²) in [7, 11) is 0. The zero-order chi connectivity index (χ0) is 13.6. The number of hydrogen-bond acceptors (Lipinski definition) is 4. The first-order valence-electron chi connectivity index (χ1n) is 5.62. The van der Waals surface area contributed by atoms with Gasteiger partial charge in [-0.1, -0.05) is 46.5 Å². The molecule has 0 amide bonds. The van der Waals surface area contributed by atoms with E-state index in [0.717, 1.165) is 19.8 Å². The van der Waals surface area contributed by atoms with E-state index in [4.69, 9.17) is 19.8 Å². The van der Waals surface area contributed by atoms with Crippen molar-refractivity contribution in [1.29, 1.82) is 0 Å². The maximum Gasteiger partial charge on any atom is 2.00 e. The molecule has 5 heteroatoms. The van der Waals surface area contributed by atoms with Crippen LogP contribution in [0.3, 0.4) is 0 Å². The van der Waals surface area contributed by atoms with Gasteiger partial charge in [0.05, 0.1) is 0 Å². The summed E-state index contributed by atoms with van der Waals surface area (Å²) in [5.74, 6) is -1.21. The molecule has 0 aliphatic heterocycles. The van der Waals surface area contributed by atoms with Crippen molar-refractivity contribution in [1.82, 2.24) is 0 Å². The first-order valence-corrected chi connectivity index (χ1v) is 5.62. The minimum atomic E-state index is -1.08. The molecule has 0 aromatic heterocycles. The van der Waals surface area contributed by atoms with Gasteiger partial charge in [-0.2, -0.15) is 0 Å². The molecule has 17 heavy (non-hydrogen) atoms. The van der Waals surface area contributed by atoms with Crippen molar-refractivity contribution >= 4 is 39.2 Å². The van der Waals surface area contributed by atoms with Crippen LogP contribution in [0.25, 0.3) is 0 Å². The molecular weight excluding hydrogens is 415 g/mol. The van der Waals surface area contributed by atoms with Crippen molar-refractivity contribution in [3.8, 4) is 0 Å². The number of carbonyl (C=O) groups excluding carboxylic acids is 2. The van der Waals surface area contributed by atoms with Gasteiger partial charge in [0.15, 0.2) is 0 Å². The molecule has 0 aromatic carbocycles. The van der Waals surface area contributed by atoms with Crippen LogP contribution in [0, 0.1) is 5.92 Å². The second-order valence-electron chi connectivity index (χ2n) is 3.64. The van der Waals surface area contributed by atoms with Gasteiger partial charge in [-0.15, -0.1) is 0 Å². The van der Waals surface area contributed by atoms with Crippen LogP contribution in [0.15, 0.2) is 0 Å². The van der Waals surface area contributed by atoms with Crippen molar-refractivity contribution in [2.75, 3.05) is 0 Å². The molecule has 0 aromatic rings. The van der Waals surface area contributed by atoms with Crippen molar-refractivity contribution in [3.05, 3.63) is 0 Å². The largest absolute Gasteiger partial charge is 2.00 e. The Morgan fingerprint density at radius 3 is 1.53 bits per heavy atom. The summed E-state index contributed by atoms with van der Waals surface area (Å²) in [4.78, 5) is 17.8. The van der Waals surface area contributed by atoms with Crippen LogP contribution in [0.5, 0.6) is 0 Å². The molecule has 0 heterocycles. The fourth-order valence-electron chi connectivity index (χ4n) is 0.757. The Bertz CT molecular complexity index is 152. The first-order chi connectivity index (χ1) is 7.27. The van der Waals surface area contributed by atoms with Gasteiger partial charge >= 0.3 is 27.3 Å². The normalized spacial score (nSPS) is 9.47. The van der Waals surface area contributed by atoms with Gasteiger partial charge in [0.2, 0.25) is 0 Å². The van der Waals surface area contributed by atoms with Crippen molar-refractivity contribution in [3.63, 3.8) is 0 Å². The van der Waals surface area contributed by atoms with Crippen LogP contribution in [0.1, 0.15) is 60.3 Å². The van der Waals surface area contributed by atoms with Crippen LogP contribution in [0.2, 0.25) is 0 Å². The van der Waals surface area contributed by atoms with Gasteiger partial charge in [-0.25, -0.2) is 0 Å². The SMILES string of the molecule is CC(=O)[O-].CC(=O)[O-].CCCCC(C)CC.[Pb+2]. The van der Waals surface area contributed by atoms with Gasteiger partial charge < -0.3 is 19.8 Å². The fraction of sp³-hybridized carbons (Fsp3) is 0.833. The molecule has 100 valence electrons. The number of carbonyl (C=O) groups is 2. The molecule has 0 fully saturated rings. The molecular formula is C12H24O4Pb. The maximum atomic E-state index is 8.89. The Morgan fingerprint density at radius 1 is 1.06 bits per heavy atom. The van der Waals surface area contributed by atoms with Crippen LogP contribution in [-0.2, 0) is 9.59 Å².